The minimum Gasteiger partial charge on any atom is -0.480 e. The third-order valence-electron chi connectivity index (χ3n) is 5.04. The van der Waals surface area contributed by atoms with Crippen LogP contribution in [-0.4, -0.2) is 72.0 Å². The predicted octanol–water partition coefficient (Wildman–Crippen LogP) is 1.27. The molecule has 0 aliphatic heterocycles. The highest BCUT2D eigenvalue weighted by molar-refractivity contribution is 5.92. The smallest absolute Gasteiger partial charge is 0.408 e. The first-order valence-electron chi connectivity index (χ1n) is 11.4. The Morgan fingerprint density at radius 3 is 2.06 bits per heavy atom. The Hall–Kier alpha value is -3.63. The summed E-state index contributed by atoms with van der Waals surface area (Å²) in [5, 5.41) is 16.8. The highest BCUT2D eigenvalue weighted by atomic mass is 16.5. The first-order valence-corrected chi connectivity index (χ1v) is 11.4. The summed E-state index contributed by atoms with van der Waals surface area (Å²) in [6.07, 6.45) is -0.702. The molecule has 1 aromatic rings. The number of ether oxygens (including phenoxy) is 1. The molecule has 0 aromatic heterocycles. The number of aliphatic carboxylic acids is 1. The van der Waals surface area contributed by atoms with Crippen molar-refractivity contribution in [1.29, 1.82) is 0 Å². The van der Waals surface area contributed by atoms with E-state index in [2.05, 4.69) is 16.0 Å². The van der Waals surface area contributed by atoms with Gasteiger partial charge in [0.2, 0.25) is 17.7 Å². The number of carboxylic acid groups (broad SMARTS) is 1. The second-order valence-electron chi connectivity index (χ2n) is 8.84. The molecule has 4 N–H and O–H groups in total. The molecule has 4 amide bonds. The van der Waals surface area contributed by atoms with Gasteiger partial charge in [0.25, 0.3) is 0 Å². The molecule has 0 aliphatic rings. The molecule has 0 fully saturated rings. The van der Waals surface area contributed by atoms with Gasteiger partial charge in [0, 0.05) is 20.5 Å². The first-order chi connectivity index (χ1) is 16.4. The molecular formula is C24H36N4O7. The average molecular weight is 493 g/mol. The molecule has 0 radical (unpaired) electrons. The zero-order valence-electron chi connectivity index (χ0n) is 20.9. The first kappa shape index (κ1) is 29.4. The predicted molar refractivity (Wildman–Crippen MR) is 128 cm³/mol. The SMILES string of the molecule is CC(C)C[C@H](NC(=O)[C@H](C)NC(=O)OCc1ccccc1)C(=O)N[C@@H](CCC(=O)N(C)C)C(=O)O. The van der Waals surface area contributed by atoms with Gasteiger partial charge in [-0.25, -0.2) is 9.59 Å². The third kappa shape index (κ3) is 11.4. The molecule has 0 heterocycles. The molecule has 0 saturated carbocycles. The maximum Gasteiger partial charge on any atom is 0.408 e. The van der Waals surface area contributed by atoms with Gasteiger partial charge in [-0.05, 0) is 31.2 Å². The molecule has 11 heteroatoms. The molecule has 1 rings (SSSR count). The van der Waals surface area contributed by atoms with E-state index in [1.807, 2.05) is 32.0 Å². The van der Waals surface area contributed by atoms with Crippen molar-refractivity contribution in [2.45, 2.75) is 64.8 Å². The standard InChI is InChI=1S/C24H36N4O7/c1-15(2)13-19(22(31)26-18(23(32)33)11-12-20(29)28(4)5)27-21(30)16(3)25-24(34)35-14-17-9-7-6-8-10-17/h6-10,15-16,18-19H,11-14H2,1-5H3,(H,25,34)(H,26,31)(H,27,30)(H,32,33)/t16-,18-,19-/m0/s1. The number of carboxylic acids is 1. The van der Waals surface area contributed by atoms with Crippen molar-refractivity contribution in [3.05, 3.63) is 35.9 Å². The summed E-state index contributed by atoms with van der Waals surface area (Å²) in [6, 6.07) is 5.71. The minimum atomic E-state index is -1.29. The van der Waals surface area contributed by atoms with Crippen LogP contribution >= 0.6 is 0 Å². The van der Waals surface area contributed by atoms with Crippen molar-refractivity contribution < 1.29 is 33.8 Å². The molecule has 11 nitrogen and oxygen atoms in total. The van der Waals surface area contributed by atoms with Crippen LogP contribution in [0.15, 0.2) is 30.3 Å². The Morgan fingerprint density at radius 1 is 0.914 bits per heavy atom. The lowest BCUT2D eigenvalue weighted by Crippen LogP contribution is -2.55. The fourth-order valence-corrected chi connectivity index (χ4v) is 3.03. The minimum absolute atomic E-state index is 0.00347. The van der Waals surface area contributed by atoms with Crippen molar-refractivity contribution >= 4 is 29.8 Å². The average Bonchev–Trinajstić information content (AvgIpc) is 2.79. The zero-order chi connectivity index (χ0) is 26.5. The number of carbonyl (C=O) groups excluding carboxylic acids is 4. The van der Waals surface area contributed by atoms with Crippen LogP contribution in [0, 0.1) is 5.92 Å². The van der Waals surface area contributed by atoms with E-state index in [1.165, 1.54) is 11.8 Å². The third-order valence-corrected chi connectivity index (χ3v) is 5.04. The van der Waals surface area contributed by atoms with Gasteiger partial charge < -0.3 is 30.7 Å². The molecule has 194 valence electrons. The van der Waals surface area contributed by atoms with Gasteiger partial charge in [0.1, 0.15) is 24.7 Å². The van der Waals surface area contributed by atoms with Crippen LogP contribution in [0.2, 0.25) is 0 Å². The maximum absolute atomic E-state index is 12.8. The van der Waals surface area contributed by atoms with E-state index in [4.69, 9.17) is 4.74 Å². The topological polar surface area (TPSA) is 154 Å². The Kier molecular flexibility index (Phi) is 12.3. The number of rotatable bonds is 13. The molecular weight excluding hydrogens is 456 g/mol. The number of benzene rings is 1. The summed E-state index contributed by atoms with van der Waals surface area (Å²) >= 11 is 0. The van der Waals surface area contributed by atoms with E-state index in [0.717, 1.165) is 5.56 Å². The summed E-state index contributed by atoms with van der Waals surface area (Å²) in [5.74, 6) is -2.86. The van der Waals surface area contributed by atoms with Crippen LogP contribution in [0.5, 0.6) is 0 Å². The molecule has 1 aromatic carbocycles. The summed E-state index contributed by atoms with van der Waals surface area (Å²) in [4.78, 5) is 62.2. The number of carbonyl (C=O) groups is 5. The number of hydrogen-bond acceptors (Lipinski definition) is 6. The van der Waals surface area contributed by atoms with E-state index in [9.17, 15) is 29.1 Å². The van der Waals surface area contributed by atoms with Gasteiger partial charge in [0.05, 0.1) is 0 Å². The van der Waals surface area contributed by atoms with Crippen molar-refractivity contribution in [3.63, 3.8) is 0 Å². The van der Waals surface area contributed by atoms with Crippen molar-refractivity contribution in [1.82, 2.24) is 20.9 Å². The molecule has 0 aliphatic carbocycles. The summed E-state index contributed by atoms with van der Waals surface area (Å²) in [6.45, 7) is 5.17. The normalized spacial score (nSPS) is 13.2. The van der Waals surface area contributed by atoms with Crippen LogP contribution in [-0.2, 0) is 30.5 Å². The van der Waals surface area contributed by atoms with E-state index < -0.39 is 42.0 Å². The Balaban J connectivity index is 2.70. The van der Waals surface area contributed by atoms with Crippen molar-refractivity contribution in [3.8, 4) is 0 Å². The number of nitrogens with one attached hydrogen (secondary N) is 3. The van der Waals surface area contributed by atoms with Gasteiger partial charge in [-0.3, -0.25) is 14.4 Å². The highest BCUT2D eigenvalue weighted by Gasteiger charge is 2.29. The highest BCUT2D eigenvalue weighted by Crippen LogP contribution is 2.08. The lowest BCUT2D eigenvalue weighted by molar-refractivity contribution is -0.142. The van der Waals surface area contributed by atoms with Crippen molar-refractivity contribution in [2.75, 3.05) is 14.1 Å². The molecule has 35 heavy (non-hydrogen) atoms. The van der Waals surface area contributed by atoms with Crippen LogP contribution < -0.4 is 16.0 Å². The fraction of sp³-hybridized carbons (Fsp3) is 0.542. The summed E-state index contributed by atoms with van der Waals surface area (Å²) in [7, 11) is 3.11. The van der Waals surface area contributed by atoms with E-state index >= 15 is 0 Å². The van der Waals surface area contributed by atoms with E-state index in [1.54, 1.807) is 26.2 Å². The Labute approximate surface area is 205 Å². The van der Waals surface area contributed by atoms with Crippen LogP contribution in [0.25, 0.3) is 0 Å². The second kappa shape index (κ2) is 14.6. The van der Waals surface area contributed by atoms with Crippen molar-refractivity contribution in [2.24, 2.45) is 5.92 Å². The van der Waals surface area contributed by atoms with Gasteiger partial charge in [-0.2, -0.15) is 0 Å². The lowest BCUT2D eigenvalue weighted by Gasteiger charge is -2.24. The summed E-state index contributed by atoms with van der Waals surface area (Å²) in [5.41, 5.74) is 0.786. The Bertz CT molecular complexity index is 874. The number of nitrogens with zero attached hydrogens (tertiary/aromatic N) is 1. The molecule has 0 saturated heterocycles. The van der Waals surface area contributed by atoms with E-state index in [-0.39, 0.29) is 37.7 Å². The molecule has 0 bridgehead atoms. The zero-order valence-corrected chi connectivity index (χ0v) is 20.9. The molecule has 0 spiro atoms. The van der Waals surface area contributed by atoms with Crippen LogP contribution in [0.3, 0.4) is 0 Å². The molecule has 0 unspecified atom stereocenters. The van der Waals surface area contributed by atoms with Gasteiger partial charge in [-0.15, -0.1) is 0 Å². The lowest BCUT2D eigenvalue weighted by atomic mass is 10.0. The monoisotopic (exact) mass is 492 g/mol. The summed E-state index contributed by atoms with van der Waals surface area (Å²) < 4.78 is 5.10. The quantitative estimate of drug-likeness (QED) is 0.323. The number of hydrogen-bond donors (Lipinski definition) is 4. The number of amides is 4. The molecule has 3 atom stereocenters. The maximum atomic E-state index is 12.8. The largest absolute Gasteiger partial charge is 0.480 e. The number of alkyl carbamates (subject to hydrolysis) is 1. The Morgan fingerprint density at radius 2 is 1.51 bits per heavy atom. The van der Waals surface area contributed by atoms with Gasteiger partial charge in [0.15, 0.2) is 0 Å². The van der Waals surface area contributed by atoms with Gasteiger partial charge >= 0.3 is 12.1 Å². The van der Waals surface area contributed by atoms with E-state index in [0.29, 0.717) is 0 Å². The van der Waals surface area contributed by atoms with Gasteiger partial charge in [-0.1, -0.05) is 44.2 Å². The van der Waals surface area contributed by atoms with Crippen LogP contribution in [0.4, 0.5) is 4.79 Å². The van der Waals surface area contributed by atoms with Crippen LogP contribution in [0.1, 0.15) is 45.6 Å². The second-order valence-corrected chi connectivity index (χ2v) is 8.84. The fourth-order valence-electron chi connectivity index (χ4n) is 3.03.